The standard InChI is InChI=1S/C14H8Cl3N5O3/c15-14(16,17)13-19-10-4-2-1-3-9(10)12(20-13)21-18-7-8-5-6-11(25-8)22(23)24/h1-7H,(H,19,20,21)/b18-7+. The van der Waals surface area contributed by atoms with Crippen LogP contribution in [0.3, 0.4) is 0 Å². The van der Waals surface area contributed by atoms with Gasteiger partial charge in [-0.2, -0.15) is 5.10 Å². The molecule has 1 aromatic carbocycles. The van der Waals surface area contributed by atoms with Crippen molar-refractivity contribution in [1.29, 1.82) is 0 Å². The molecule has 8 nitrogen and oxygen atoms in total. The summed E-state index contributed by atoms with van der Waals surface area (Å²) < 4.78 is 3.16. The van der Waals surface area contributed by atoms with Gasteiger partial charge in [0.25, 0.3) is 0 Å². The van der Waals surface area contributed by atoms with Gasteiger partial charge in [0, 0.05) is 5.39 Å². The predicted octanol–water partition coefficient (Wildman–Crippen LogP) is 4.40. The van der Waals surface area contributed by atoms with Crippen molar-refractivity contribution >= 4 is 63.6 Å². The zero-order valence-corrected chi connectivity index (χ0v) is 14.5. The van der Waals surface area contributed by atoms with E-state index in [1.807, 2.05) is 0 Å². The fourth-order valence-electron chi connectivity index (χ4n) is 1.96. The van der Waals surface area contributed by atoms with Gasteiger partial charge in [0.1, 0.15) is 4.92 Å². The normalized spacial score (nSPS) is 12.0. The molecule has 2 aromatic heterocycles. The van der Waals surface area contributed by atoms with E-state index in [0.717, 1.165) is 0 Å². The van der Waals surface area contributed by atoms with Crippen LogP contribution in [-0.2, 0) is 3.79 Å². The van der Waals surface area contributed by atoms with Crippen LogP contribution in [0.2, 0.25) is 0 Å². The molecule has 0 bridgehead atoms. The Hall–Kier alpha value is -2.42. The number of hydrogen-bond acceptors (Lipinski definition) is 7. The van der Waals surface area contributed by atoms with Crippen molar-refractivity contribution in [2.45, 2.75) is 3.79 Å². The Labute approximate surface area is 155 Å². The molecule has 0 aliphatic carbocycles. The van der Waals surface area contributed by atoms with Gasteiger partial charge in [0.05, 0.1) is 17.8 Å². The Morgan fingerprint density at radius 3 is 2.64 bits per heavy atom. The summed E-state index contributed by atoms with van der Waals surface area (Å²) in [6.45, 7) is 0. The minimum absolute atomic E-state index is 0.0115. The van der Waals surface area contributed by atoms with E-state index in [4.69, 9.17) is 39.2 Å². The monoisotopic (exact) mass is 399 g/mol. The highest BCUT2D eigenvalue weighted by Crippen LogP contribution is 2.37. The van der Waals surface area contributed by atoms with Crippen LogP contribution < -0.4 is 5.43 Å². The van der Waals surface area contributed by atoms with E-state index in [-0.39, 0.29) is 17.5 Å². The molecule has 0 amide bonds. The summed E-state index contributed by atoms with van der Waals surface area (Å²) in [5.41, 5.74) is 3.26. The molecule has 0 radical (unpaired) electrons. The zero-order chi connectivity index (χ0) is 18.0. The van der Waals surface area contributed by atoms with Crippen LogP contribution in [0.4, 0.5) is 11.7 Å². The first kappa shape index (κ1) is 17.4. The van der Waals surface area contributed by atoms with E-state index in [1.165, 1.54) is 18.3 Å². The summed E-state index contributed by atoms with van der Waals surface area (Å²) in [5.74, 6) is 0.110. The van der Waals surface area contributed by atoms with Crippen molar-refractivity contribution in [3.8, 4) is 0 Å². The molecule has 1 N–H and O–H groups in total. The van der Waals surface area contributed by atoms with Gasteiger partial charge in [0.15, 0.2) is 17.4 Å². The van der Waals surface area contributed by atoms with E-state index in [1.54, 1.807) is 24.3 Å². The van der Waals surface area contributed by atoms with Gasteiger partial charge in [0.2, 0.25) is 3.79 Å². The molecule has 0 fully saturated rings. The lowest BCUT2D eigenvalue weighted by atomic mass is 10.2. The first-order chi connectivity index (χ1) is 11.8. The molecule has 0 saturated heterocycles. The molecule has 11 heteroatoms. The quantitative estimate of drug-likeness (QED) is 0.301. The van der Waals surface area contributed by atoms with Gasteiger partial charge in [-0.1, -0.05) is 46.9 Å². The van der Waals surface area contributed by atoms with Crippen molar-refractivity contribution in [3.05, 3.63) is 58.1 Å². The van der Waals surface area contributed by atoms with Crippen molar-refractivity contribution < 1.29 is 9.34 Å². The lowest BCUT2D eigenvalue weighted by Crippen LogP contribution is -2.09. The van der Waals surface area contributed by atoms with E-state index in [9.17, 15) is 10.1 Å². The molecule has 2 heterocycles. The molecule has 0 spiro atoms. The molecular formula is C14H8Cl3N5O3. The number of furan rings is 1. The number of nitro groups is 1. The van der Waals surface area contributed by atoms with Crippen LogP contribution >= 0.6 is 34.8 Å². The van der Waals surface area contributed by atoms with Crippen LogP contribution in [0.5, 0.6) is 0 Å². The third-order valence-electron chi connectivity index (χ3n) is 3.01. The van der Waals surface area contributed by atoms with Gasteiger partial charge in [-0.3, -0.25) is 15.5 Å². The van der Waals surface area contributed by atoms with Crippen LogP contribution in [-0.4, -0.2) is 21.1 Å². The number of nitrogens with zero attached hydrogens (tertiary/aromatic N) is 4. The average molecular weight is 401 g/mol. The minimum Gasteiger partial charge on any atom is -0.400 e. The number of nitrogens with one attached hydrogen (secondary N) is 1. The minimum atomic E-state index is -1.80. The number of benzene rings is 1. The third kappa shape index (κ3) is 3.98. The molecule has 0 aliphatic heterocycles. The first-order valence-electron chi connectivity index (χ1n) is 6.72. The highest BCUT2D eigenvalue weighted by atomic mass is 35.6. The maximum absolute atomic E-state index is 10.6. The van der Waals surface area contributed by atoms with Crippen LogP contribution in [0.1, 0.15) is 11.6 Å². The number of hydrazone groups is 1. The van der Waals surface area contributed by atoms with Crippen LogP contribution in [0.15, 0.2) is 45.9 Å². The molecule has 3 rings (SSSR count). The summed E-state index contributed by atoms with van der Waals surface area (Å²) in [6.07, 6.45) is 1.26. The second-order valence-corrected chi connectivity index (χ2v) is 7.00. The van der Waals surface area contributed by atoms with E-state index in [0.29, 0.717) is 16.7 Å². The van der Waals surface area contributed by atoms with Gasteiger partial charge in [-0.05, 0) is 18.2 Å². The number of halogens is 3. The maximum atomic E-state index is 10.6. The number of aromatic nitrogens is 2. The van der Waals surface area contributed by atoms with Crippen LogP contribution in [0, 0.1) is 10.1 Å². The summed E-state index contributed by atoms with van der Waals surface area (Å²) >= 11 is 17.6. The van der Waals surface area contributed by atoms with Gasteiger partial charge in [-0.25, -0.2) is 9.97 Å². The highest BCUT2D eigenvalue weighted by molar-refractivity contribution is 6.66. The average Bonchev–Trinajstić information content (AvgIpc) is 3.03. The largest absolute Gasteiger partial charge is 0.433 e. The van der Waals surface area contributed by atoms with Crippen molar-refractivity contribution in [3.63, 3.8) is 0 Å². The Morgan fingerprint density at radius 2 is 1.96 bits per heavy atom. The van der Waals surface area contributed by atoms with Crippen LogP contribution in [0.25, 0.3) is 10.9 Å². The number of para-hydroxylation sites is 1. The number of hydrogen-bond donors (Lipinski definition) is 1. The number of anilines is 1. The summed E-state index contributed by atoms with van der Waals surface area (Å²) in [5, 5.41) is 15.2. The van der Waals surface area contributed by atoms with Crippen molar-refractivity contribution in [2.24, 2.45) is 5.10 Å². The number of fused-ring (bicyclic) bond motifs is 1. The lowest BCUT2D eigenvalue weighted by Gasteiger charge is -2.12. The Balaban J connectivity index is 1.91. The molecule has 0 aliphatic rings. The Bertz CT molecular complexity index is 968. The molecular weight excluding hydrogens is 393 g/mol. The van der Waals surface area contributed by atoms with Crippen molar-refractivity contribution in [2.75, 3.05) is 5.43 Å². The second kappa shape index (κ2) is 6.83. The lowest BCUT2D eigenvalue weighted by molar-refractivity contribution is -0.402. The molecule has 0 unspecified atom stereocenters. The van der Waals surface area contributed by atoms with Gasteiger partial charge >= 0.3 is 5.88 Å². The fourth-order valence-corrected chi connectivity index (χ4v) is 2.21. The predicted molar refractivity (Wildman–Crippen MR) is 95.4 cm³/mol. The number of alkyl halides is 3. The summed E-state index contributed by atoms with van der Waals surface area (Å²) in [6, 6.07) is 9.73. The number of rotatable bonds is 4. The zero-order valence-electron chi connectivity index (χ0n) is 12.2. The summed E-state index contributed by atoms with van der Waals surface area (Å²) in [7, 11) is 0. The van der Waals surface area contributed by atoms with E-state index >= 15 is 0 Å². The van der Waals surface area contributed by atoms with Gasteiger partial charge < -0.3 is 4.42 Å². The Kier molecular flexibility index (Phi) is 4.76. The smallest absolute Gasteiger partial charge is 0.400 e. The molecule has 0 saturated carbocycles. The van der Waals surface area contributed by atoms with Gasteiger partial charge in [-0.15, -0.1) is 0 Å². The second-order valence-electron chi connectivity index (χ2n) is 4.71. The van der Waals surface area contributed by atoms with Crippen molar-refractivity contribution in [1.82, 2.24) is 9.97 Å². The Morgan fingerprint density at radius 1 is 1.20 bits per heavy atom. The maximum Gasteiger partial charge on any atom is 0.433 e. The molecule has 0 atom stereocenters. The SMILES string of the molecule is O=[N+]([O-])c1ccc(/C=N/Nc2nc(C(Cl)(Cl)Cl)nc3ccccc23)o1. The molecule has 3 aromatic rings. The molecule has 25 heavy (non-hydrogen) atoms. The third-order valence-corrected chi connectivity index (χ3v) is 3.52. The first-order valence-corrected chi connectivity index (χ1v) is 7.85. The molecule has 128 valence electrons. The van der Waals surface area contributed by atoms with E-state index in [2.05, 4.69) is 20.5 Å². The topological polar surface area (TPSA) is 106 Å². The fraction of sp³-hybridized carbons (Fsp3) is 0.0714. The highest BCUT2D eigenvalue weighted by Gasteiger charge is 2.28. The van der Waals surface area contributed by atoms with E-state index < -0.39 is 8.72 Å². The summed E-state index contributed by atoms with van der Waals surface area (Å²) in [4.78, 5) is 18.3.